The molecular weight excluding hydrogens is 234 g/mol. The molecular formula is C13H17NO4. The van der Waals surface area contributed by atoms with E-state index in [4.69, 9.17) is 5.11 Å². The minimum absolute atomic E-state index is 0.000467. The second kappa shape index (κ2) is 6.14. The van der Waals surface area contributed by atoms with Gasteiger partial charge in [-0.05, 0) is 35.6 Å². The molecule has 0 radical (unpaired) electrons. The van der Waals surface area contributed by atoms with E-state index in [2.05, 4.69) is 0 Å². The molecule has 0 atom stereocenters. The molecule has 1 aromatic carbocycles. The summed E-state index contributed by atoms with van der Waals surface area (Å²) in [5, 5.41) is 19.2. The Hall–Kier alpha value is -1.91. The van der Waals surface area contributed by atoms with Crippen LogP contribution in [0.5, 0.6) is 0 Å². The highest BCUT2D eigenvalue weighted by Gasteiger charge is 2.11. The third-order valence-corrected chi connectivity index (χ3v) is 2.94. The minimum atomic E-state index is -0.859. The number of rotatable bonds is 6. The summed E-state index contributed by atoms with van der Waals surface area (Å²) in [5.74, 6) is -0.859. The third kappa shape index (κ3) is 3.84. The molecule has 98 valence electrons. The van der Waals surface area contributed by atoms with Gasteiger partial charge in [-0.3, -0.25) is 14.9 Å². The maximum absolute atomic E-state index is 10.8. The summed E-state index contributed by atoms with van der Waals surface area (Å²) >= 11 is 0. The molecule has 0 saturated heterocycles. The molecule has 5 heteroatoms. The molecule has 0 aromatic heterocycles. The van der Waals surface area contributed by atoms with Crippen LogP contribution in [0.25, 0.3) is 0 Å². The van der Waals surface area contributed by atoms with E-state index in [1.165, 1.54) is 0 Å². The Labute approximate surface area is 106 Å². The molecule has 0 heterocycles. The number of benzene rings is 1. The average molecular weight is 251 g/mol. The summed E-state index contributed by atoms with van der Waals surface area (Å²) in [5.41, 5.74) is 3.61. The fourth-order valence-electron chi connectivity index (χ4n) is 2.00. The van der Waals surface area contributed by atoms with Crippen LogP contribution in [-0.4, -0.2) is 22.5 Å². The molecule has 0 amide bonds. The average Bonchev–Trinajstić information content (AvgIpc) is 2.27. The number of carboxylic acids is 1. The Morgan fingerprint density at radius 2 is 2.00 bits per heavy atom. The Morgan fingerprint density at radius 3 is 2.50 bits per heavy atom. The molecule has 0 bridgehead atoms. The molecule has 0 aliphatic carbocycles. The smallest absolute Gasteiger partial charge is 0.307 e. The highest BCUT2D eigenvalue weighted by atomic mass is 16.6. The molecule has 18 heavy (non-hydrogen) atoms. The van der Waals surface area contributed by atoms with Crippen molar-refractivity contribution in [2.45, 2.75) is 33.1 Å². The zero-order valence-electron chi connectivity index (χ0n) is 10.6. The first-order chi connectivity index (χ1) is 8.43. The lowest BCUT2D eigenvalue weighted by Crippen LogP contribution is -2.08. The van der Waals surface area contributed by atoms with E-state index < -0.39 is 5.97 Å². The highest BCUT2D eigenvalue weighted by Crippen LogP contribution is 2.19. The summed E-state index contributed by atoms with van der Waals surface area (Å²) in [6.45, 7) is 3.72. The van der Waals surface area contributed by atoms with Crippen LogP contribution >= 0.6 is 0 Å². The SMILES string of the molecule is CCc1cc(CC[N+](=O)[O-])c(C)cc1CC(=O)O. The molecule has 0 aliphatic heterocycles. The molecule has 1 N–H and O–H groups in total. The second-order valence-electron chi connectivity index (χ2n) is 4.28. The number of carboxylic acid groups (broad SMARTS) is 1. The van der Waals surface area contributed by atoms with Crippen molar-refractivity contribution in [1.29, 1.82) is 0 Å². The quantitative estimate of drug-likeness (QED) is 0.619. The largest absolute Gasteiger partial charge is 0.481 e. The van der Waals surface area contributed by atoms with Gasteiger partial charge in [-0.1, -0.05) is 19.1 Å². The van der Waals surface area contributed by atoms with Gasteiger partial charge in [0, 0.05) is 11.3 Å². The van der Waals surface area contributed by atoms with Crippen LogP contribution < -0.4 is 0 Å². The lowest BCUT2D eigenvalue weighted by molar-refractivity contribution is -0.479. The predicted molar refractivity (Wildman–Crippen MR) is 67.5 cm³/mol. The first kappa shape index (κ1) is 14.2. The van der Waals surface area contributed by atoms with Crippen molar-refractivity contribution in [1.82, 2.24) is 0 Å². The maximum atomic E-state index is 10.8. The molecule has 0 saturated carbocycles. The van der Waals surface area contributed by atoms with E-state index in [0.717, 1.165) is 28.7 Å². The number of nitrogens with zero attached hydrogens (tertiary/aromatic N) is 1. The van der Waals surface area contributed by atoms with E-state index >= 15 is 0 Å². The van der Waals surface area contributed by atoms with Gasteiger partial charge in [0.25, 0.3) is 0 Å². The third-order valence-electron chi connectivity index (χ3n) is 2.94. The van der Waals surface area contributed by atoms with E-state index in [1.807, 2.05) is 26.0 Å². The van der Waals surface area contributed by atoms with Crippen molar-refractivity contribution in [2.75, 3.05) is 6.54 Å². The van der Waals surface area contributed by atoms with E-state index in [0.29, 0.717) is 6.42 Å². The molecule has 0 unspecified atom stereocenters. The number of nitro groups is 1. The lowest BCUT2D eigenvalue weighted by Gasteiger charge is -2.11. The fraction of sp³-hybridized carbons (Fsp3) is 0.462. The fourth-order valence-corrected chi connectivity index (χ4v) is 2.00. The van der Waals surface area contributed by atoms with Crippen LogP contribution in [0.4, 0.5) is 0 Å². The number of hydrogen-bond acceptors (Lipinski definition) is 3. The zero-order valence-corrected chi connectivity index (χ0v) is 10.6. The van der Waals surface area contributed by atoms with Crippen LogP contribution in [0.3, 0.4) is 0 Å². The van der Waals surface area contributed by atoms with Crippen molar-refractivity contribution in [3.8, 4) is 0 Å². The first-order valence-corrected chi connectivity index (χ1v) is 5.89. The van der Waals surface area contributed by atoms with Gasteiger partial charge in [0.2, 0.25) is 6.54 Å². The van der Waals surface area contributed by atoms with Crippen molar-refractivity contribution in [3.05, 3.63) is 44.5 Å². The number of hydrogen-bond donors (Lipinski definition) is 1. The van der Waals surface area contributed by atoms with Gasteiger partial charge in [-0.2, -0.15) is 0 Å². The van der Waals surface area contributed by atoms with Gasteiger partial charge < -0.3 is 5.11 Å². The van der Waals surface area contributed by atoms with E-state index in [1.54, 1.807) is 0 Å². The molecule has 0 aliphatic rings. The molecule has 1 aromatic rings. The Kier molecular flexibility index (Phi) is 4.83. The summed E-state index contributed by atoms with van der Waals surface area (Å²) in [7, 11) is 0. The number of aryl methyl sites for hydroxylation is 2. The van der Waals surface area contributed by atoms with Crippen molar-refractivity contribution < 1.29 is 14.8 Å². The zero-order chi connectivity index (χ0) is 13.7. The van der Waals surface area contributed by atoms with Crippen LogP contribution in [0, 0.1) is 17.0 Å². The first-order valence-electron chi connectivity index (χ1n) is 5.89. The van der Waals surface area contributed by atoms with Crippen LogP contribution in [0.1, 0.15) is 29.2 Å². The van der Waals surface area contributed by atoms with Gasteiger partial charge >= 0.3 is 5.97 Å². The molecule has 0 spiro atoms. The topological polar surface area (TPSA) is 80.4 Å². The molecule has 0 fully saturated rings. The number of aliphatic carboxylic acids is 1. The Bertz CT molecular complexity index is 468. The Balaban J connectivity index is 3.01. The second-order valence-corrected chi connectivity index (χ2v) is 4.28. The summed E-state index contributed by atoms with van der Waals surface area (Å²) in [6.07, 6.45) is 1.12. The predicted octanol–water partition coefficient (Wildman–Crippen LogP) is 2.00. The Morgan fingerprint density at radius 1 is 1.33 bits per heavy atom. The van der Waals surface area contributed by atoms with Crippen LogP contribution in [-0.2, 0) is 24.1 Å². The van der Waals surface area contributed by atoms with Crippen molar-refractivity contribution >= 4 is 5.97 Å². The molecule has 1 rings (SSSR count). The monoisotopic (exact) mass is 251 g/mol. The minimum Gasteiger partial charge on any atom is -0.481 e. The van der Waals surface area contributed by atoms with Gasteiger partial charge in [0.1, 0.15) is 0 Å². The molecule has 5 nitrogen and oxygen atoms in total. The van der Waals surface area contributed by atoms with E-state index in [-0.39, 0.29) is 17.9 Å². The van der Waals surface area contributed by atoms with Crippen LogP contribution in [0.2, 0.25) is 0 Å². The van der Waals surface area contributed by atoms with Crippen LogP contribution in [0.15, 0.2) is 12.1 Å². The normalized spacial score (nSPS) is 10.3. The van der Waals surface area contributed by atoms with Gasteiger partial charge in [-0.15, -0.1) is 0 Å². The van der Waals surface area contributed by atoms with Crippen molar-refractivity contribution in [2.24, 2.45) is 0 Å². The summed E-state index contributed by atoms with van der Waals surface area (Å²) in [4.78, 5) is 20.8. The van der Waals surface area contributed by atoms with E-state index in [9.17, 15) is 14.9 Å². The highest BCUT2D eigenvalue weighted by molar-refractivity contribution is 5.71. The van der Waals surface area contributed by atoms with Crippen molar-refractivity contribution in [3.63, 3.8) is 0 Å². The summed E-state index contributed by atoms with van der Waals surface area (Å²) < 4.78 is 0. The number of carbonyl (C=O) groups is 1. The maximum Gasteiger partial charge on any atom is 0.307 e. The standard InChI is InChI=1S/C13H17NO4/c1-3-10-7-11(4-5-14(17)18)9(2)6-12(10)8-13(15)16/h6-7H,3-5,8H2,1-2H3,(H,15,16). The van der Waals surface area contributed by atoms with Gasteiger partial charge in [0.15, 0.2) is 0 Å². The van der Waals surface area contributed by atoms with Gasteiger partial charge in [-0.25, -0.2) is 0 Å². The van der Waals surface area contributed by atoms with Gasteiger partial charge in [0.05, 0.1) is 6.42 Å². The lowest BCUT2D eigenvalue weighted by atomic mass is 9.94. The summed E-state index contributed by atoms with van der Waals surface area (Å²) in [6, 6.07) is 3.74.